The summed E-state index contributed by atoms with van der Waals surface area (Å²) in [7, 11) is 1.73. The summed E-state index contributed by atoms with van der Waals surface area (Å²) in [6, 6.07) is 7.65. The van der Waals surface area contributed by atoms with Gasteiger partial charge in [0, 0.05) is 24.7 Å². The predicted molar refractivity (Wildman–Crippen MR) is 76.9 cm³/mol. The molecule has 2 N–H and O–H groups in total. The second kappa shape index (κ2) is 6.07. The summed E-state index contributed by atoms with van der Waals surface area (Å²) < 4.78 is 1.57. The lowest BCUT2D eigenvalue weighted by Gasteiger charge is -2.15. The summed E-state index contributed by atoms with van der Waals surface area (Å²) in [5, 5.41) is 17.1. The van der Waals surface area contributed by atoms with Crippen molar-refractivity contribution < 1.29 is 9.90 Å². The van der Waals surface area contributed by atoms with Crippen LogP contribution in [0.25, 0.3) is 0 Å². The highest BCUT2D eigenvalue weighted by Gasteiger charge is 2.15. The van der Waals surface area contributed by atoms with Crippen LogP contribution in [0.1, 0.15) is 34.6 Å². The van der Waals surface area contributed by atoms with Gasteiger partial charge in [-0.25, -0.2) is 4.79 Å². The number of nitrogens with one attached hydrogen (secondary N) is 1. The van der Waals surface area contributed by atoms with Gasteiger partial charge in [0.2, 0.25) is 0 Å². The first-order valence-electron chi connectivity index (χ1n) is 6.22. The molecule has 1 heterocycles. The van der Waals surface area contributed by atoms with Crippen molar-refractivity contribution >= 4 is 17.6 Å². The molecule has 6 heteroatoms. The smallest absolute Gasteiger partial charge is 0.339 e. The lowest BCUT2D eigenvalue weighted by molar-refractivity contribution is 0.0695. The van der Waals surface area contributed by atoms with Crippen LogP contribution in [-0.4, -0.2) is 20.9 Å². The van der Waals surface area contributed by atoms with Crippen LogP contribution in [0.3, 0.4) is 0 Å². The highest BCUT2D eigenvalue weighted by atomic mass is 35.5. The lowest BCUT2D eigenvalue weighted by atomic mass is 10.1. The number of halogens is 1. The SMILES string of the molecule is CC(NCc1c(C(=O)O)cnn1C)c1ccc(Cl)cc1. The Morgan fingerprint density at radius 1 is 1.45 bits per heavy atom. The third-order valence-corrected chi connectivity index (χ3v) is 3.49. The first-order valence-corrected chi connectivity index (χ1v) is 6.60. The second-order valence-corrected chi connectivity index (χ2v) is 5.02. The van der Waals surface area contributed by atoms with E-state index in [9.17, 15) is 4.79 Å². The molecule has 0 fully saturated rings. The van der Waals surface area contributed by atoms with Crippen LogP contribution in [0, 0.1) is 0 Å². The van der Waals surface area contributed by atoms with Gasteiger partial charge >= 0.3 is 5.97 Å². The summed E-state index contributed by atoms with van der Waals surface area (Å²) in [4.78, 5) is 11.1. The van der Waals surface area contributed by atoms with Gasteiger partial charge in [-0.3, -0.25) is 4.68 Å². The molecule has 0 bridgehead atoms. The van der Waals surface area contributed by atoms with E-state index in [4.69, 9.17) is 16.7 Å². The molecule has 2 aromatic rings. The Labute approximate surface area is 122 Å². The van der Waals surface area contributed by atoms with E-state index in [-0.39, 0.29) is 11.6 Å². The molecule has 1 aromatic heterocycles. The van der Waals surface area contributed by atoms with E-state index in [2.05, 4.69) is 10.4 Å². The van der Waals surface area contributed by atoms with Crippen LogP contribution < -0.4 is 5.32 Å². The number of aromatic nitrogens is 2. The minimum atomic E-state index is -0.964. The molecule has 20 heavy (non-hydrogen) atoms. The number of hydrogen-bond acceptors (Lipinski definition) is 3. The van der Waals surface area contributed by atoms with E-state index in [1.807, 2.05) is 31.2 Å². The fraction of sp³-hybridized carbons (Fsp3) is 0.286. The number of benzene rings is 1. The van der Waals surface area contributed by atoms with Crippen molar-refractivity contribution in [2.45, 2.75) is 19.5 Å². The van der Waals surface area contributed by atoms with Gasteiger partial charge in [-0.2, -0.15) is 5.10 Å². The van der Waals surface area contributed by atoms with Crippen LogP contribution in [-0.2, 0) is 13.6 Å². The maximum Gasteiger partial charge on any atom is 0.339 e. The second-order valence-electron chi connectivity index (χ2n) is 4.59. The van der Waals surface area contributed by atoms with Crippen molar-refractivity contribution in [2.24, 2.45) is 7.05 Å². The van der Waals surface area contributed by atoms with Gasteiger partial charge in [0.05, 0.1) is 11.9 Å². The zero-order valence-corrected chi connectivity index (χ0v) is 12.1. The zero-order valence-electron chi connectivity index (χ0n) is 11.3. The number of carbonyl (C=O) groups is 1. The van der Waals surface area contributed by atoms with Gasteiger partial charge < -0.3 is 10.4 Å². The Balaban J connectivity index is 2.07. The summed E-state index contributed by atoms with van der Waals surface area (Å²) in [6.07, 6.45) is 1.37. The molecular formula is C14H16ClN3O2. The average Bonchev–Trinajstić information content (AvgIpc) is 2.78. The molecule has 0 aliphatic heterocycles. The third-order valence-electron chi connectivity index (χ3n) is 3.24. The fourth-order valence-electron chi connectivity index (χ4n) is 1.97. The average molecular weight is 294 g/mol. The summed E-state index contributed by atoms with van der Waals surface area (Å²) in [6.45, 7) is 2.45. The van der Waals surface area contributed by atoms with Crippen molar-refractivity contribution in [1.29, 1.82) is 0 Å². The van der Waals surface area contributed by atoms with Gasteiger partial charge in [0.1, 0.15) is 5.56 Å². The maximum atomic E-state index is 11.1. The van der Waals surface area contributed by atoms with E-state index in [0.717, 1.165) is 5.56 Å². The van der Waals surface area contributed by atoms with Crippen molar-refractivity contribution in [3.05, 3.63) is 52.3 Å². The standard InChI is InChI=1S/C14H16ClN3O2/c1-9(10-3-5-11(15)6-4-10)16-8-13-12(14(19)20)7-17-18(13)2/h3-7,9,16H,8H2,1-2H3,(H,19,20). The van der Waals surface area contributed by atoms with E-state index < -0.39 is 5.97 Å². The Bertz CT molecular complexity index is 607. The van der Waals surface area contributed by atoms with Crippen molar-refractivity contribution in [2.75, 3.05) is 0 Å². The Hall–Kier alpha value is -1.85. The summed E-state index contributed by atoms with van der Waals surface area (Å²) in [5.41, 5.74) is 1.97. The number of carboxylic acids is 1. The minimum Gasteiger partial charge on any atom is -0.478 e. The van der Waals surface area contributed by atoms with Crippen LogP contribution in [0.2, 0.25) is 5.02 Å². The Kier molecular flexibility index (Phi) is 4.42. The van der Waals surface area contributed by atoms with Gasteiger partial charge in [-0.15, -0.1) is 0 Å². The van der Waals surface area contributed by atoms with Crippen LogP contribution in [0.15, 0.2) is 30.5 Å². The number of aromatic carboxylic acids is 1. The first kappa shape index (κ1) is 14.6. The largest absolute Gasteiger partial charge is 0.478 e. The monoisotopic (exact) mass is 293 g/mol. The predicted octanol–water partition coefficient (Wildman–Crippen LogP) is 2.62. The number of hydrogen-bond donors (Lipinski definition) is 2. The van der Waals surface area contributed by atoms with Crippen LogP contribution in [0.4, 0.5) is 0 Å². The van der Waals surface area contributed by atoms with Crippen molar-refractivity contribution in [3.8, 4) is 0 Å². The molecule has 0 amide bonds. The number of aryl methyl sites for hydroxylation is 1. The van der Waals surface area contributed by atoms with Crippen molar-refractivity contribution in [1.82, 2.24) is 15.1 Å². The number of rotatable bonds is 5. The normalized spacial score (nSPS) is 12.3. The summed E-state index contributed by atoms with van der Waals surface area (Å²) >= 11 is 5.85. The molecule has 0 saturated carbocycles. The molecule has 0 spiro atoms. The molecule has 0 saturated heterocycles. The highest BCUT2D eigenvalue weighted by molar-refractivity contribution is 6.30. The maximum absolute atomic E-state index is 11.1. The quantitative estimate of drug-likeness (QED) is 0.889. The molecule has 0 aliphatic rings. The van der Waals surface area contributed by atoms with Crippen LogP contribution in [0.5, 0.6) is 0 Å². The number of carboxylic acid groups (broad SMARTS) is 1. The fourth-order valence-corrected chi connectivity index (χ4v) is 2.10. The Morgan fingerprint density at radius 3 is 2.70 bits per heavy atom. The molecule has 0 aliphatic carbocycles. The Morgan fingerprint density at radius 2 is 2.10 bits per heavy atom. The van der Waals surface area contributed by atoms with E-state index >= 15 is 0 Å². The molecule has 2 rings (SSSR count). The van der Waals surface area contributed by atoms with E-state index in [1.54, 1.807) is 11.7 Å². The zero-order chi connectivity index (χ0) is 14.7. The molecule has 1 unspecified atom stereocenters. The van der Waals surface area contributed by atoms with Crippen molar-refractivity contribution in [3.63, 3.8) is 0 Å². The molecule has 0 radical (unpaired) electrons. The third kappa shape index (κ3) is 3.18. The molecule has 106 valence electrons. The molecular weight excluding hydrogens is 278 g/mol. The molecule has 1 aromatic carbocycles. The lowest BCUT2D eigenvalue weighted by Crippen LogP contribution is -2.21. The highest BCUT2D eigenvalue weighted by Crippen LogP contribution is 2.17. The summed E-state index contributed by atoms with van der Waals surface area (Å²) in [5.74, 6) is -0.964. The van der Waals surface area contributed by atoms with Gasteiger partial charge in [0.25, 0.3) is 0 Å². The van der Waals surface area contributed by atoms with Gasteiger partial charge in [-0.1, -0.05) is 23.7 Å². The van der Waals surface area contributed by atoms with Gasteiger partial charge in [-0.05, 0) is 24.6 Å². The topological polar surface area (TPSA) is 67.2 Å². The van der Waals surface area contributed by atoms with E-state index in [1.165, 1.54) is 6.20 Å². The van der Waals surface area contributed by atoms with Crippen LogP contribution >= 0.6 is 11.6 Å². The molecule has 5 nitrogen and oxygen atoms in total. The van der Waals surface area contributed by atoms with E-state index in [0.29, 0.717) is 17.3 Å². The minimum absolute atomic E-state index is 0.0869. The number of nitrogens with zero attached hydrogens (tertiary/aromatic N) is 2. The molecule has 1 atom stereocenters. The first-order chi connectivity index (χ1) is 9.49. The van der Waals surface area contributed by atoms with Gasteiger partial charge in [0.15, 0.2) is 0 Å².